The van der Waals surface area contributed by atoms with Gasteiger partial charge in [0.25, 0.3) is 5.91 Å². The molecule has 2 aromatic rings. The normalized spacial score (nSPS) is 10.7. The van der Waals surface area contributed by atoms with E-state index in [2.05, 4.69) is 15.2 Å². The van der Waals surface area contributed by atoms with E-state index >= 15 is 0 Å². The zero-order valence-electron chi connectivity index (χ0n) is 5.87. The van der Waals surface area contributed by atoms with Crippen molar-refractivity contribution in [3.8, 4) is 0 Å². The van der Waals surface area contributed by atoms with Gasteiger partial charge in [-0.25, -0.2) is 4.98 Å². The molecule has 2 rings (SSSR count). The molecule has 2 aromatic heterocycles. The number of nitrogen functional groups attached to an aromatic ring is 1. The maximum atomic E-state index is 10.7. The standard InChI is InChI=1S/C5H5N5OS/c6-2-1-4(10-9-2)8-5(12-1)3(7)11/h(H2,7,11)(H3,6,9,10). The molecule has 6 nitrogen and oxygen atoms in total. The summed E-state index contributed by atoms with van der Waals surface area (Å²) in [4.78, 5) is 14.5. The highest BCUT2D eigenvalue weighted by Crippen LogP contribution is 2.24. The largest absolute Gasteiger partial charge is 0.383 e. The second kappa shape index (κ2) is 2.18. The van der Waals surface area contributed by atoms with Crippen molar-refractivity contribution in [1.82, 2.24) is 15.2 Å². The van der Waals surface area contributed by atoms with Crippen LogP contribution >= 0.6 is 11.3 Å². The van der Waals surface area contributed by atoms with E-state index in [1.807, 2.05) is 0 Å². The van der Waals surface area contributed by atoms with Gasteiger partial charge < -0.3 is 11.5 Å². The Morgan fingerprint density at radius 2 is 2.33 bits per heavy atom. The van der Waals surface area contributed by atoms with Crippen LogP contribution in [0.4, 0.5) is 5.82 Å². The topological polar surface area (TPSA) is 111 Å². The van der Waals surface area contributed by atoms with Gasteiger partial charge in [0.15, 0.2) is 10.7 Å². The number of nitrogens with one attached hydrogen (secondary N) is 1. The second-order valence-electron chi connectivity index (χ2n) is 2.17. The Morgan fingerprint density at radius 1 is 1.58 bits per heavy atom. The number of carbonyl (C=O) groups excluding carboxylic acids is 1. The lowest BCUT2D eigenvalue weighted by atomic mass is 10.6. The van der Waals surface area contributed by atoms with Crippen molar-refractivity contribution in [2.45, 2.75) is 0 Å². The highest BCUT2D eigenvalue weighted by atomic mass is 32.1. The molecule has 0 saturated carbocycles. The van der Waals surface area contributed by atoms with E-state index in [1.165, 1.54) is 0 Å². The minimum absolute atomic E-state index is 0.230. The predicted octanol–water partition coefficient (Wildman–Crippen LogP) is -0.300. The first kappa shape index (κ1) is 7.04. The van der Waals surface area contributed by atoms with Crippen LogP contribution in [0.2, 0.25) is 0 Å². The maximum absolute atomic E-state index is 10.7. The number of aromatic amines is 1. The van der Waals surface area contributed by atoms with Crippen LogP contribution in [0.15, 0.2) is 0 Å². The number of hydrogen-bond acceptors (Lipinski definition) is 5. The van der Waals surface area contributed by atoms with Crippen LogP contribution in [0.3, 0.4) is 0 Å². The molecule has 0 aliphatic carbocycles. The summed E-state index contributed by atoms with van der Waals surface area (Å²) in [5.41, 5.74) is 10.9. The van der Waals surface area contributed by atoms with E-state index < -0.39 is 5.91 Å². The van der Waals surface area contributed by atoms with Crippen LogP contribution < -0.4 is 11.5 Å². The molecule has 2 heterocycles. The summed E-state index contributed by atoms with van der Waals surface area (Å²) in [7, 11) is 0. The molecule has 5 N–H and O–H groups in total. The lowest BCUT2D eigenvalue weighted by Crippen LogP contribution is -2.09. The first-order valence-corrected chi connectivity index (χ1v) is 3.90. The number of H-pyrrole nitrogens is 1. The number of nitrogens with two attached hydrogens (primary N) is 2. The van der Waals surface area contributed by atoms with E-state index in [0.29, 0.717) is 16.2 Å². The van der Waals surface area contributed by atoms with Crippen molar-refractivity contribution in [2.24, 2.45) is 5.73 Å². The summed E-state index contributed by atoms with van der Waals surface area (Å²) in [5, 5.41) is 6.54. The minimum Gasteiger partial charge on any atom is -0.383 e. The van der Waals surface area contributed by atoms with Crippen LogP contribution in [0.5, 0.6) is 0 Å². The average Bonchev–Trinajstić information content (AvgIpc) is 2.53. The number of nitrogens with zero attached hydrogens (tertiary/aromatic N) is 2. The summed E-state index contributed by atoms with van der Waals surface area (Å²) >= 11 is 1.13. The number of rotatable bonds is 1. The summed E-state index contributed by atoms with van der Waals surface area (Å²) in [6.07, 6.45) is 0. The van der Waals surface area contributed by atoms with Gasteiger partial charge in [-0.3, -0.25) is 9.89 Å². The van der Waals surface area contributed by atoms with E-state index in [-0.39, 0.29) is 5.01 Å². The molecule has 0 bridgehead atoms. The number of fused-ring (bicyclic) bond motifs is 1. The third kappa shape index (κ3) is 0.832. The summed E-state index contributed by atoms with van der Waals surface area (Å²) in [6, 6.07) is 0. The van der Waals surface area contributed by atoms with Crippen LogP contribution in [0, 0.1) is 0 Å². The molecule has 0 aromatic carbocycles. The van der Waals surface area contributed by atoms with E-state index in [9.17, 15) is 4.79 Å². The summed E-state index contributed by atoms with van der Waals surface area (Å²) in [5.74, 6) is -0.146. The molecular formula is C5H5N5OS. The lowest BCUT2D eigenvalue weighted by molar-refractivity contribution is 0.1000. The van der Waals surface area contributed by atoms with E-state index in [4.69, 9.17) is 11.5 Å². The molecule has 0 fully saturated rings. The fourth-order valence-corrected chi connectivity index (χ4v) is 1.60. The van der Waals surface area contributed by atoms with Gasteiger partial charge in [-0.05, 0) is 0 Å². The number of aromatic nitrogens is 3. The van der Waals surface area contributed by atoms with Gasteiger partial charge in [0, 0.05) is 0 Å². The molecule has 0 aliphatic heterocycles. The van der Waals surface area contributed by atoms with E-state index in [0.717, 1.165) is 11.3 Å². The van der Waals surface area contributed by atoms with Gasteiger partial charge in [0.1, 0.15) is 10.5 Å². The number of amides is 1. The highest BCUT2D eigenvalue weighted by molar-refractivity contribution is 7.20. The third-order valence-corrected chi connectivity index (χ3v) is 2.44. The smallest absolute Gasteiger partial charge is 0.277 e. The Balaban J connectivity index is 2.70. The van der Waals surface area contributed by atoms with Crippen molar-refractivity contribution in [2.75, 3.05) is 5.73 Å². The average molecular weight is 183 g/mol. The van der Waals surface area contributed by atoms with Gasteiger partial charge in [0.2, 0.25) is 0 Å². The molecule has 12 heavy (non-hydrogen) atoms. The Morgan fingerprint density at radius 3 is 2.92 bits per heavy atom. The molecule has 7 heteroatoms. The second-order valence-corrected chi connectivity index (χ2v) is 3.17. The van der Waals surface area contributed by atoms with Gasteiger partial charge in [0.05, 0.1) is 0 Å². The predicted molar refractivity (Wildman–Crippen MR) is 44.7 cm³/mol. The highest BCUT2D eigenvalue weighted by Gasteiger charge is 2.12. The van der Waals surface area contributed by atoms with E-state index in [1.54, 1.807) is 0 Å². The first-order valence-electron chi connectivity index (χ1n) is 3.08. The molecular weight excluding hydrogens is 178 g/mol. The van der Waals surface area contributed by atoms with Crippen LogP contribution in [0.1, 0.15) is 9.80 Å². The molecule has 0 radical (unpaired) electrons. The Labute approximate surface area is 70.6 Å². The minimum atomic E-state index is -0.558. The summed E-state index contributed by atoms with van der Waals surface area (Å²) in [6.45, 7) is 0. The number of carbonyl (C=O) groups is 1. The monoisotopic (exact) mass is 183 g/mol. The molecule has 1 amide bonds. The number of anilines is 1. The SMILES string of the molecule is NC(=O)c1nc2n[nH]c(N)c2s1. The van der Waals surface area contributed by atoms with Crippen molar-refractivity contribution in [3.63, 3.8) is 0 Å². The Bertz CT molecular complexity index is 444. The Hall–Kier alpha value is -1.63. The molecule has 0 saturated heterocycles. The third-order valence-electron chi connectivity index (χ3n) is 1.35. The zero-order valence-corrected chi connectivity index (χ0v) is 6.68. The fourth-order valence-electron chi connectivity index (χ4n) is 0.833. The van der Waals surface area contributed by atoms with Crippen LogP contribution in [0.25, 0.3) is 10.3 Å². The van der Waals surface area contributed by atoms with Crippen molar-refractivity contribution in [1.29, 1.82) is 0 Å². The van der Waals surface area contributed by atoms with Crippen molar-refractivity contribution in [3.05, 3.63) is 5.01 Å². The zero-order chi connectivity index (χ0) is 8.72. The van der Waals surface area contributed by atoms with Gasteiger partial charge >= 0.3 is 0 Å². The van der Waals surface area contributed by atoms with Crippen LogP contribution in [-0.4, -0.2) is 21.1 Å². The first-order chi connectivity index (χ1) is 5.68. The molecule has 0 atom stereocenters. The summed E-state index contributed by atoms with van der Waals surface area (Å²) < 4.78 is 0.670. The molecule has 0 spiro atoms. The van der Waals surface area contributed by atoms with Gasteiger partial charge in [-0.1, -0.05) is 0 Å². The number of thiazole rings is 1. The van der Waals surface area contributed by atoms with Crippen molar-refractivity contribution < 1.29 is 4.79 Å². The number of primary amides is 1. The maximum Gasteiger partial charge on any atom is 0.277 e. The molecule has 62 valence electrons. The number of hydrogen-bond donors (Lipinski definition) is 3. The molecule has 0 aliphatic rings. The van der Waals surface area contributed by atoms with Crippen LogP contribution in [-0.2, 0) is 0 Å². The Kier molecular flexibility index (Phi) is 1.28. The fraction of sp³-hybridized carbons (Fsp3) is 0. The van der Waals surface area contributed by atoms with Gasteiger partial charge in [-0.2, -0.15) is 5.10 Å². The van der Waals surface area contributed by atoms with Crippen molar-refractivity contribution >= 4 is 33.4 Å². The molecule has 0 unspecified atom stereocenters. The quantitative estimate of drug-likeness (QED) is 0.563. The lowest BCUT2D eigenvalue weighted by Gasteiger charge is -1.82. The van der Waals surface area contributed by atoms with Gasteiger partial charge in [-0.15, -0.1) is 11.3 Å².